The van der Waals surface area contributed by atoms with Crippen LogP contribution in [-0.2, 0) is 17.6 Å². The topological polar surface area (TPSA) is 68.0 Å². The van der Waals surface area contributed by atoms with E-state index in [2.05, 4.69) is 51.9 Å². The Labute approximate surface area is 168 Å². The summed E-state index contributed by atoms with van der Waals surface area (Å²) in [4.78, 5) is 12.4. The van der Waals surface area contributed by atoms with Crippen molar-refractivity contribution in [2.24, 2.45) is 0 Å². The number of amides is 1. The van der Waals surface area contributed by atoms with E-state index in [0.717, 1.165) is 17.7 Å². The minimum Gasteiger partial charge on any atom is -0.421 e. The van der Waals surface area contributed by atoms with Gasteiger partial charge in [-0.25, -0.2) is 0 Å². The van der Waals surface area contributed by atoms with Crippen LogP contribution >= 0.6 is 0 Å². The zero-order chi connectivity index (χ0) is 19.6. The van der Waals surface area contributed by atoms with Crippen molar-refractivity contribution in [2.75, 3.05) is 5.32 Å². The van der Waals surface area contributed by atoms with Gasteiger partial charge in [0.05, 0.1) is 0 Å². The summed E-state index contributed by atoms with van der Waals surface area (Å²) < 4.78 is 5.66. The molecule has 0 aliphatic heterocycles. The summed E-state index contributed by atoms with van der Waals surface area (Å²) in [5.74, 6) is 0.863. The van der Waals surface area contributed by atoms with Gasteiger partial charge in [-0.15, -0.1) is 10.2 Å². The van der Waals surface area contributed by atoms with Gasteiger partial charge in [-0.1, -0.05) is 48.5 Å². The molecule has 5 nitrogen and oxygen atoms in total. The minimum atomic E-state index is -0.0695. The number of rotatable bonds is 5. The molecule has 1 amide bonds. The number of nitrogens with one attached hydrogen (secondary N) is 1. The van der Waals surface area contributed by atoms with Crippen LogP contribution < -0.4 is 5.32 Å². The van der Waals surface area contributed by atoms with Gasteiger partial charge in [-0.2, -0.15) is 0 Å². The van der Waals surface area contributed by atoms with E-state index in [1.54, 1.807) is 0 Å². The number of anilines is 1. The Balaban J connectivity index is 1.21. The number of aromatic nitrogens is 2. The molecule has 0 bridgehead atoms. The van der Waals surface area contributed by atoms with Crippen molar-refractivity contribution in [1.82, 2.24) is 10.2 Å². The van der Waals surface area contributed by atoms with Crippen LogP contribution in [0.3, 0.4) is 0 Å². The molecule has 29 heavy (non-hydrogen) atoms. The predicted octanol–water partition coefficient (Wildman–Crippen LogP) is 4.88. The maximum absolute atomic E-state index is 12.4. The quantitative estimate of drug-likeness (QED) is 0.471. The Morgan fingerprint density at radius 3 is 2.59 bits per heavy atom. The fourth-order valence-corrected chi connectivity index (χ4v) is 3.72. The van der Waals surface area contributed by atoms with Crippen molar-refractivity contribution < 1.29 is 9.21 Å². The normalized spacial score (nSPS) is 11.7. The second kappa shape index (κ2) is 7.36. The summed E-state index contributed by atoms with van der Waals surface area (Å²) in [5.41, 5.74) is 6.79. The summed E-state index contributed by atoms with van der Waals surface area (Å²) in [5, 5.41) is 11.1. The lowest BCUT2D eigenvalue weighted by molar-refractivity contribution is -0.116. The molecule has 1 N–H and O–H groups in total. The first-order chi connectivity index (χ1) is 14.3. The highest BCUT2D eigenvalue weighted by Crippen LogP contribution is 2.37. The Kier molecular flexibility index (Phi) is 4.41. The molecule has 0 saturated carbocycles. The Bertz CT molecular complexity index is 1180. The molecule has 4 aromatic rings. The van der Waals surface area contributed by atoms with Crippen molar-refractivity contribution in [3.05, 3.63) is 89.8 Å². The third-order valence-electron chi connectivity index (χ3n) is 5.13. The van der Waals surface area contributed by atoms with Crippen molar-refractivity contribution >= 4 is 11.6 Å². The first kappa shape index (κ1) is 17.4. The second-order valence-corrected chi connectivity index (χ2v) is 7.12. The molecule has 0 radical (unpaired) electrons. The van der Waals surface area contributed by atoms with Gasteiger partial charge in [-0.3, -0.25) is 4.79 Å². The highest BCUT2D eigenvalue weighted by Gasteiger charge is 2.18. The van der Waals surface area contributed by atoms with E-state index >= 15 is 0 Å². The van der Waals surface area contributed by atoms with E-state index in [0.29, 0.717) is 18.2 Å². The smallest absolute Gasteiger partial charge is 0.247 e. The highest BCUT2D eigenvalue weighted by atomic mass is 16.4. The Morgan fingerprint density at radius 2 is 1.69 bits per heavy atom. The van der Waals surface area contributed by atoms with Gasteiger partial charge in [-0.05, 0) is 52.9 Å². The number of carbonyl (C=O) groups is 1. The lowest BCUT2D eigenvalue weighted by atomic mass is 10.1. The molecule has 0 atom stereocenters. The molecule has 0 spiro atoms. The number of nitrogens with zero attached hydrogens (tertiary/aromatic N) is 2. The van der Waals surface area contributed by atoms with Gasteiger partial charge in [0.2, 0.25) is 17.7 Å². The molecule has 1 aliphatic rings. The van der Waals surface area contributed by atoms with Crippen LogP contribution in [0.1, 0.15) is 23.4 Å². The second-order valence-electron chi connectivity index (χ2n) is 7.12. The zero-order valence-electron chi connectivity index (χ0n) is 15.8. The number of carbonyl (C=O) groups excluding carboxylic acids is 1. The molecule has 0 saturated heterocycles. The van der Waals surface area contributed by atoms with Gasteiger partial charge in [0.25, 0.3) is 0 Å². The van der Waals surface area contributed by atoms with E-state index in [4.69, 9.17) is 4.42 Å². The van der Waals surface area contributed by atoms with E-state index in [1.807, 2.05) is 36.4 Å². The molecule has 0 fully saturated rings. The molecule has 1 heterocycles. The van der Waals surface area contributed by atoms with Crippen LogP contribution in [0.15, 0.2) is 77.2 Å². The number of aryl methyl sites for hydroxylation is 1. The van der Waals surface area contributed by atoms with Gasteiger partial charge >= 0.3 is 0 Å². The molecular formula is C24H19N3O2. The third-order valence-corrected chi connectivity index (χ3v) is 5.13. The van der Waals surface area contributed by atoms with Gasteiger partial charge < -0.3 is 9.73 Å². The lowest BCUT2D eigenvalue weighted by Gasteiger charge is -2.07. The first-order valence-electron chi connectivity index (χ1n) is 9.65. The third kappa shape index (κ3) is 3.55. The Hall–Kier alpha value is -3.73. The van der Waals surface area contributed by atoms with E-state index in [9.17, 15) is 4.79 Å². The van der Waals surface area contributed by atoms with Crippen molar-refractivity contribution in [1.29, 1.82) is 0 Å². The standard InChI is InChI=1S/C24H19N3O2/c28-22(12-13-23-26-27-24(29-23)16-6-2-1-3-7-16)25-19-10-11-21-18(15-19)14-17-8-4-5-9-20(17)21/h1-11,15H,12-14H2,(H,25,28). The average molecular weight is 381 g/mol. The van der Waals surface area contributed by atoms with Gasteiger partial charge in [0.15, 0.2) is 0 Å². The predicted molar refractivity (Wildman–Crippen MR) is 111 cm³/mol. The Morgan fingerprint density at radius 1 is 0.897 bits per heavy atom. The fourth-order valence-electron chi connectivity index (χ4n) is 3.72. The van der Waals surface area contributed by atoms with Gasteiger partial charge in [0, 0.05) is 24.1 Å². The van der Waals surface area contributed by atoms with Crippen LogP contribution in [0, 0.1) is 0 Å². The molecule has 1 aromatic heterocycles. The van der Waals surface area contributed by atoms with E-state index in [1.165, 1.54) is 22.3 Å². The summed E-state index contributed by atoms with van der Waals surface area (Å²) in [6.45, 7) is 0. The average Bonchev–Trinajstić information content (AvgIpc) is 3.37. The minimum absolute atomic E-state index is 0.0695. The maximum Gasteiger partial charge on any atom is 0.247 e. The monoisotopic (exact) mass is 381 g/mol. The molecular weight excluding hydrogens is 362 g/mol. The SMILES string of the molecule is O=C(CCc1nnc(-c2ccccc2)o1)Nc1ccc2c(c1)Cc1ccccc1-2. The van der Waals surface area contributed by atoms with Crippen molar-refractivity contribution in [3.8, 4) is 22.6 Å². The zero-order valence-corrected chi connectivity index (χ0v) is 15.8. The summed E-state index contributed by atoms with van der Waals surface area (Å²) in [6.07, 6.45) is 1.59. The number of benzene rings is 3. The maximum atomic E-state index is 12.4. The molecule has 3 aromatic carbocycles. The fraction of sp³-hybridized carbons (Fsp3) is 0.125. The number of fused-ring (bicyclic) bond motifs is 3. The van der Waals surface area contributed by atoms with Crippen molar-refractivity contribution in [3.63, 3.8) is 0 Å². The molecule has 5 rings (SSSR count). The summed E-state index contributed by atoms with van der Waals surface area (Å²) >= 11 is 0. The van der Waals surface area contributed by atoms with Crippen LogP contribution in [0.4, 0.5) is 5.69 Å². The largest absolute Gasteiger partial charge is 0.421 e. The number of hydrogen-bond donors (Lipinski definition) is 1. The first-order valence-corrected chi connectivity index (χ1v) is 9.65. The van der Waals surface area contributed by atoms with Gasteiger partial charge in [0.1, 0.15) is 0 Å². The molecule has 5 heteroatoms. The van der Waals surface area contributed by atoms with Crippen LogP contribution in [-0.4, -0.2) is 16.1 Å². The highest BCUT2D eigenvalue weighted by molar-refractivity contribution is 5.91. The summed E-state index contributed by atoms with van der Waals surface area (Å²) in [6, 6.07) is 24.1. The van der Waals surface area contributed by atoms with E-state index in [-0.39, 0.29) is 12.3 Å². The van der Waals surface area contributed by atoms with Crippen LogP contribution in [0.25, 0.3) is 22.6 Å². The molecule has 142 valence electrons. The van der Waals surface area contributed by atoms with Crippen LogP contribution in [0.2, 0.25) is 0 Å². The van der Waals surface area contributed by atoms with Crippen LogP contribution in [0.5, 0.6) is 0 Å². The summed E-state index contributed by atoms with van der Waals surface area (Å²) in [7, 11) is 0. The molecule has 1 aliphatic carbocycles. The molecule has 0 unspecified atom stereocenters. The van der Waals surface area contributed by atoms with Crippen molar-refractivity contribution in [2.45, 2.75) is 19.3 Å². The number of hydrogen-bond acceptors (Lipinski definition) is 4. The van der Waals surface area contributed by atoms with E-state index < -0.39 is 0 Å². The lowest BCUT2D eigenvalue weighted by Crippen LogP contribution is -2.12.